The number of carbonyl (C=O) groups excluding carboxylic acids is 2. The van der Waals surface area contributed by atoms with Crippen molar-refractivity contribution in [2.75, 3.05) is 18.1 Å². The molecule has 1 atom stereocenters. The molecule has 0 bridgehead atoms. The topological polar surface area (TPSA) is 67.9 Å². The lowest BCUT2D eigenvalue weighted by Crippen LogP contribution is -2.47. The van der Waals surface area contributed by atoms with E-state index in [0.717, 1.165) is 36.8 Å². The van der Waals surface area contributed by atoms with Gasteiger partial charge in [0.25, 0.3) is 0 Å². The van der Waals surface area contributed by atoms with Gasteiger partial charge in [0.2, 0.25) is 11.8 Å². The zero-order valence-corrected chi connectivity index (χ0v) is 20.5. The first-order chi connectivity index (χ1) is 17.2. The molecular weight excluding hydrogens is 460 g/mol. The van der Waals surface area contributed by atoms with Crippen LogP contribution in [-0.2, 0) is 16.0 Å². The highest BCUT2D eigenvalue weighted by molar-refractivity contribution is 7.08. The number of benzene rings is 2. The van der Waals surface area contributed by atoms with E-state index in [1.54, 1.807) is 16.2 Å². The number of thiophene rings is 1. The molecule has 1 saturated carbocycles. The normalized spacial score (nSPS) is 16.3. The molecular formula is C28H30N2O4S. The summed E-state index contributed by atoms with van der Waals surface area (Å²) in [5.74, 6) is 0.930. The van der Waals surface area contributed by atoms with Crippen LogP contribution in [0, 0.1) is 0 Å². The molecule has 182 valence electrons. The average molecular weight is 491 g/mol. The smallest absolute Gasteiger partial charge is 0.248 e. The highest BCUT2D eigenvalue weighted by Gasteiger charge is 2.34. The molecule has 1 fully saturated rings. The van der Waals surface area contributed by atoms with Crippen molar-refractivity contribution < 1.29 is 19.1 Å². The first kappa shape index (κ1) is 23.4. The van der Waals surface area contributed by atoms with E-state index in [9.17, 15) is 9.59 Å². The molecule has 0 spiro atoms. The maximum absolute atomic E-state index is 13.9. The van der Waals surface area contributed by atoms with Crippen molar-refractivity contribution in [3.05, 3.63) is 76.5 Å². The van der Waals surface area contributed by atoms with Crippen LogP contribution in [0.2, 0.25) is 0 Å². The molecule has 5 rings (SSSR count). The molecule has 3 aromatic rings. The van der Waals surface area contributed by atoms with E-state index in [2.05, 4.69) is 5.32 Å². The molecule has 0 radical (unpaired) electrons. The zero-order valence-electron chi connectivity index (χ0n) is 19.7. The molecule has 1 aliphatic heterocycles. The molecule has 1 unspecified atom stereocenters. The lowest BCUT2D eigenvalue weighted by Gasteiger charge is -2.34. The van der Waals surface area contributed by atoms with E-state index in [4.69, 9.17) is 9.47 Å². The highest BCUT2D eigenvalue weighted by atomic mass is 32.1. The van der Waals surface area contributed by atoms with Crippen LogP contribution in [-0.4, -0.2) is 31.1 Å². The van der Waals surface area contributed by atoms with Crippen LogP contribution >= 0.6 is 11.3 Å². The number of anilines is 1. The van der Waals surface area contributed by atoms with Gasteiger partial charge in [0.05, 0.1) is 6.42 Å². The molecule has 2 aromatic carbocycles. The van der Waals surface area contributed by atoms with Gasteiger partial charge in [0.1, 0.15) is 19.3 Å². The third-order valence-electron chi connectivity index (χ3n) is 6.58. The van der Waals surface area contributed by atoms with E-state index in [0.29, 0.717) is 30.4 Å². The lowest BCUT2D eigenvalue weighted by atomic mass is 9.94. The van der Waals surface area contributed by atoms with E-state index >= 15 is 0 Å². The van der Waals surface area contributed by atoms with Crippen molar-refractivity contribution >= 4 is 28.8 Å². The highest BCUT2D eigenvalue weighted by Crippen LogP contribution is 2.37. The maximum atomic E-state index is 13.9. The zero-order chi connectivity index (χ0) is 24.0. The standard InChI is InChI=1S/C28H30N2O4S/c31-26(17-20-13-16-35-19-20)30(23-11-12-24-25(18-23)34-15-14-33-24)27(21-7-3-1-4-8-21)28(32)29-22-9-5-2-6-10-22/h1,3-4,7-8,11-13,16,18-19,22,27H,2,5-6,9-10,14-15,17H2,(H,29,32). The van der Waals surface area contributed by atoms with Gasteiger partial charge < -0.3 is 14.8 Å². The maximum Gasteiger partial charge on any atom is 0.248 e. The molecule has 1 aromatic heterocycles. The van der Waals surface area contributed by atoms with Gasteiger partial charge in [-0.2, -0.15) is 11.3 Å². The van der Waals surface area contributed by atoms with Gasteiger partial charge in [-0.25, -0.2) is 0 Å². The summed E-state index contributed by atoms with van der Waals surface area (Å²) in [6, 6.07) is 16.3. The van der Waals surface area contributed by atoms with E-state index in [1.807, 2.05) is 65.4 Å². The molecule has 6 nitrogen and oxygen atoms in total. The third-order valence-corrected chi connectivity index (χ3v) is 7.31. The minimum atomic E-state index is -0.799. The van der Waals surface area contributed by atoms with Crippen LogP contribution in [0.5, 0.6) is 11.5 Å². The largest absolute Gasteiger partial charge is 0.486 e. The van der Waals surface area contributed by atoms with Gasteiger partial charge in [-0.1, -0.05) is 49.6 Å². The summed E-state index contributed by atoms with van der Waals surface area (Å²) >= 11 is 1.56. The van der Waals surface area contributed by atoms with Crippen molar-refractivity contribution in [2.24, 2.45) is 0 Å². The Morgan fingerprint density at radius 1 is 0.971 bits per heavy atom. The fourth-order valence-electron chi connectivity index (χ4n) is 4.85. The Hall–Kier alpha value is -3.32. The fourth-order valence-corrected chi connectivity index (χ4v) is 5.52. The summed E-state index contributed by atoms with van der Waals surface area (Å²) in [7, 11) is 0. The first-order valence-corrected chi connectivity index (χ1v) is 13.2. The summed E-state index contributed by atoms with van der Waals surface area (Å²) < 4.78 is 11.5. The van der Waals surface area contributed by atoms with Gasteiger partial charge in [-0.05, 0) is 52.9 Å². The van der Waals surface area contributed by atoms with Crippen LogP contribution in [0.15, 0.2) is 65.4 Å². The van der Waals surface area contributed by atoms with E-state index < -0.39 is 6.04 Å². The summed E-state index contributed by atoms with van der Waals surface area (Å²) in [6.45, 7) is 0.938. The summed E-state index contributed by atoms with van der Waals surface area (Å²) in [5, 5.41) is 7.19. The second-order valence-electron chi connectivity index (χ2n) is 9.06. The van der Waals surface area contributed by atoms with Gasteiger partial charge >= 0.3 is 0 Å². The van der Waals surface area contributed by atoms with E-state index in [-0.39, 0.29) is 24.3 Å². The van der Waals surface area contributed by atoms with Crippen LogP contribution in [0.25, 0.3) is 0 Å². The number of carbonyl (C=O) groups is 2. The number of hydrogen-bond donors (Lipinski definition) is 1. The van der Waals surface area contributed by atoms with Crippen molar-refractivity contribution in [3.8, 4) is 11.5 Å². The second-order valence-corrected chi connectivity index (χ2v) is 9.84. The van der Waals surface area contributed by atoms with Crippen LogP contribution in [0.4, 0.5) is 5.69 Å². The Labute approximate surface area is 209 Å². The lowest BCUT2D eigenvalue weighted by molar-refractivity contribution is -0.127. The second kappa shape index (κ2) is 11.0. The van der Waals surface area contributed by atoms with Crippen LogP contribution < -0.4 is 19.7 Å². The fraction of sp³-hybridized carbons (Fsp3) is 0.357. The van der Waals surface area contributed by atoms with Crippen LogP contribution in [0.3, 0.4) is 0 Å². The van der Waals surface area contributed by atoms with Crippen LogP contribution in [0.1, 0.15) is 49.3 Å². The van der Waals surface area contributed by atoms with Crippen molar-refractivity contribution in [3.63, 3.8) is 0 Å². The Balaban J connectivity index is 1.54. The summed E-state index contributed by atoms with van der Waals surface area (Å²) in [6.07, 6.45) is 5.59. The molecule has 2 aliphatic rings. The number of rotatable bonds is 7. The minimum Gasteiger partial charge on any atom is -0.486 e. The number of nitrogens with zero attached hydrogens (tertiary/aromatic N) is 1. The molecule has 0 saturated heterocycles. The quantitative estimate of drug-likeness (QED) is 0.489. The molecule has 35 heavy (non-hydrogen) atoms. The predicted octanol–water partition coefficient (Wildman–Crippen LogP) is 5.29. The molecule has 2 amide bonds. The average Bonchev–Trinajstić information content (AvgIpc) is 3.41. The summed E-state index contributed by atoms with van der Waals surface area (Å²) in [4.78, 5) is 29.4. The number of nitrogens with one attached hydrogen (secondary N) is 1. The van der Waals surface area contributed by atoms with Gasteiger partial charge in [0.15, 0.2) is 11.5 Å². The molecule has 1 aliphatic carbocycles. The number of hydrogen-bond acceptors (Lipinski definition) is 5. The van der Waals surface area contributed by atoms with Crippen molar-refractivity contribution in [2.45, 2.75) is 50.6 Å². The van der Waals surface area contributed by atoms with Gasteiger partial charge in [-0.15, -0.1) is 0 Å². The Morgan fingerprint density at radius 3 is 2.49 bits per heavy atom. The van der Waals surface area contributed by atoms with E-state index in [1.165, 1.54) is 6.42 Å². The third kappa shape index (κ3) is 5.51. The Morgan fingerprint density at radius 2 is 1.74 bits per heavy atom. The minimum absolute atomic E-state index is 0.136. The number of ether oxygens (including phenoxy) is 2. The van der Waals surface area contributed by atoms with Gasteiger partial charge in [0, 0.05) is 17.8 Å². The molecule has 7 heteroatoms. The van der Waals surface area contributed by atoms with Crippen molar-refractivity contribution in [1.29, 1.82) is 0 Å². The van der Waals surface area contributed by atoms with Gasteiger partial charge in [-0.3, -0.25) is 14.5 Å². The molecule has 1 N–H and O–H groups in total. The first-order valence-electron chi connectivity index (χ1n) is 12.3. The van der Waals surface area contributed by atoms with Crippen molar-refractivity contribution in [1.82, 2.24) is 5.32 Å². The number of fused-ring (bicyclic) bond motifs is 1. The Kier molecular flexibility index (Phi) is 7.33. The number of amides is 2. The Bertz CT molecular complexity index is 1140. The SMILES string of the molecule is O=C(NC1CCCCC1)C(c1ccccc1)N(C(=O)Cc1ccsc1)c1ccc2c(c1)OCCO2. The predicted molar refractivity (Wildman–Crippen MR) is 137 cm³/mol. The monoisotopic (exact) mass is 490 g/mol. The molecule has 2 heterocycles. The summed E-state index contributed by atoms with van der Waals surface area (Å²) in [5.41, 5.74) is 2.32.